The van der Waals surface area contributed by atoms with Crippen molar-refractivity contribution < 1.29 is 4.79 Å². The predicted octanol–water partition coefficient (Wildman–Crippen LogP) is 5.39. The molecule has 0 radical (unpaired) electrons. The second-order valence-electron chi connectivity index (χ2n) is 7.53. The molecule has 0 aliphatic rings. The van der Waals surface area contributed by atoms with E-state index in [-0.39, 0.29) is 5.91 Å². The van der Waals surface area contributed by atoms with Crippen molar-refractivity contribution in [2.75, 3.05) is 0 Å². The third kappa shape index (κ3) is 4.99. The van der Waals surface area contributed by atoms with Gasteiger partial charge in [0.05, 0.1) is 0 Å². The number of carbonyl (C=O) groups excluding carboxylic acids is 1. The number of unbranched alkanes of at least 4 members (excludes halogenated alkanes) is 3. The monoisotopic (exact) mass is 462 g/mol. The molecule has 2 N–H and O–H groups in total. The molecule has 0 unspecified atom stereocenters. The van der Waals surface area contributed by atoms with Crippen LogP contribution < -0.4 is 9.44 Å². The first-order valence-electron chi connectivity index (χ1n) is 10.3. The van der Waals surface area contributed by atoms with Gasteiger partial charge in [0, 0.05) is 0 Å². The number of para-hydroxylation sites is 1. The third-order valence-corrected chi connectivity index (χ3v) is 20.7. The first kappa shape index (κ1) is 21.2. The number of pyridine rings is 1. The third-order valence-electron chi connectivity index (χ3n) is 5.56. The standard InChI is InChI=1S/C10H7N2O.3C4H9.Sn/c11-10(13)8-5-1-3-7-4-2-6-12-9(7)8;3*1-3-4-2;/h1-5H,(H2,11,13);3*1,3-4H2,2H3;. The van der Waals surface area contributed by atoms with Crippen LogP contribution in [0.4, 0.5) is 0 Å². The van der Waals surface area contributed by atoms with Gasteiger partial charge in [-0.2, -0.15) is 0 Å². The van der Waals surface area contributed by atoms with E-state index in [2.05, 4.69) is 32.9 Å². The zero-order valence-corrected chi connectivity index (χ0v) is 19.5. The summed E-state index contributed by atoms with van der Waals surface area (Å²) in [6.45, 7) is 6.86. The van der Waals surface area contributed by atoms with Crippen molar-refractivity contribution >= 4 is 38.9 Å². The van der Waals surface area contributed by atoms with E-state index in [1.165, 1.54) is 55.5 Å². The van der Waals surface area contributed by atoms with E-state index in [1.54, 1.807) is 0 Å². The van der Waals surface area contributed by atoms with Crippen LogP contribution >= 0.6 is 0 Å². The zero-order chi connectivity index (χ0) is 19.0. The topological polar surface area (TPSA) is 56.0 Å². The second kappa shape index (κ2) is 10.3. The van der Waals surface area contributed by atoms with Gasteiger partial charge in [-0.15, -0.1) is 0 Å². The van der Waals surface area contributed by atoms with Crippen LogP contribution in [0.2, 0.25) is 13.3 Å². The summed E-state index contributed by atoms with van der Waals surface area (Å²) in [5.74, 6) is -0.378. The van der Waals surface area contributed by atoms with Crippen molar-refractivity contribution in [2.45, 2.75) is 72.6 Å². The molecule has 1 amide bonds. The summed E-state index contributed by atoms with van der Waals surface area (Å²) >= 11 is -2.59. The van der Waals surface area contributed by atoms with E-state index in [0.717, 1.165) is 10.9 Å². The first-order chi connectivity index (χ1) is 12.6. The maximum absolute atomic E-state index is 11.9. The van der Waals surface area contributed by atoms with Gasteiger partial charge in [0.1, 0.15) is 0 Å². The van der Waals surface area contributed by atoms with Crippen LogP contribution in [0.3, 0.4) is 0 Å². The molecule has 1 heterocycles. The van der Waals surface area contributed by atoms with Crippen molar-refractivity contribution in [2.24, 2.45) is 5.73 Å². The molecule has 0 atom stereocenters. The molecule has 142 valence electrons. The molecule has 0 saturated carbocycles. The summed E-state index contributed by atoms with van der Waals surface area (Å²) in [7, 11) is 0. The van der Waals surface area contributed by atoms with Gasteiger partial charge in [0.2, 0.25) is 0 Å². The van der Waals surface area contributed by atoms with Crippen molar-refractivity contribution in [3.05, 3.63) is 35.9 Å². The van der Waals surface area contributed by atoms with Gasteiger partial charge in [0.25, 0.3) is 0 Å². The van der Waals surface area contributed by atoms with Crippen molar-refractivity contribution in [1.82, 2.24) is 4.98 Å². The Hall–Kier alpha value is -1.10. The van der Waals surface area contributed by atoms with E-state index < -0.39 is 18.4 Å². The average Bonchev–Trinajstić information content (AvgIpc) is 2.66. The van der Waals surface area contributed by atoms with Crippen LogP contribution in [0.1, 0.15) is 69.7 Å². The Bertz CT molecular complexity index is 707. The minimum atomic E-state index is -2.59. The number of aromatic nitrogens is 1. The molecule has 0 spiro atoms. The Morgan fingerprint density at radius 1 is 0.923 bits per heavy atom. The number of hydrogen-bond acceptors (Lipinski definition) is 2. The van der Waals surface area contributed by atoms with Gasteiger partial charge < -0.3 is 0 Å². The molecule has 0 aliphatic carbocycles. The SMILES string of the molecule is CCC[CH2][Sn]([CH2]CCC)([CH2]CCC)[c]1ccc2cccc(C(N)=O)c2n1. The molecule has 0 saturated heterocycles. The van der Waals surface area contributed by atoms with Crippen LogP contribution in [0.5, 0.6) is 0 Å². The fourth-order valence-electron chi connectivity index (χ4n) is 3.95. The number of hydrogen-bond donors (Lipinski definition) is 1. The van der Waals surface area contributed by atoms with Gasteiger partial charge in [-0.1, -0.05) is 0 Å². The van der Waals surface area contributed by atoms with Crippen LogP contribution in [-0.4, -0.2) is 29.3 Å². The quantitative estimate of drug-likeness (QED) is 0.457. The van der Waals surface area contributed by atoms with E-state index >= 15 is 0 Å². The second-order valence-corrected chi connectivity index (χ2v) is 20.6. The average molecular weight is 461 g/mol. The van der Waals surface area contributed by atoms with Crippen LogP contribution in [0.25, 0.3) is 10.9 Å². The predicted molar refractivity (Wildman–Crippen MR) is 115 cm³/mol. The van der Waals surface area contributed by atoms with Crippen LogP contribution in [0, 0.1) is 0 Å². The van der Waals surface area contributed by atoms with Gasteiger partial charge in [-0.05, 0) is 0 Å². The normalized spacial score (nSPS) is 11.8. The molecule has 2 aromatic rings. The van der Waals surface area contributed by atoms with Gasteiger partial charge in [-0.3, -0.25) is 0 Å². The number of nitrogens with zero attached hydrogens (tertiary/aromatic N) is 1. The zero-order valence-electron chi connectivity index (χ0n) is 16.7. The number of amides is 1. The van der Waals surface area contributed by atoms with Gasteiger partial charge in [-0.25, -0.2) is 0 Å². The van der Waals surface area contributed by atoms with Gasteiger partial charge >= 0.3 is 163 Å². The number of carbonyl (C=O) groups is 1. The summed E-state index contributed by atoms with van der Waals surface area (Å²) in [5.41, 5.74) is 6.99. The molecule has 2 rings (SSSR count). The summed E-state index contributed by atoms with van der Waals surface area (Å²) in [6.07, 6.45) is 7.66. The van der Waals surface area contributed by atoms with Gasteiger partial charge in [0.15, 0.2) is 0 Å². The number of benzene rings is 1. The molecule has 26 heavy (non-hydrogen) atoms. The molecular weight excluding hydrogens is 427 g/mol. The molecule has 1 aromatic carbocycles. The van der Waals surface area contributed by atoms with Crippen LogP contribution in [0.15, 0.2) is 30.3 Å². The Balaban J connectivity index is 2.57. The van der Waals surface area contributed by atoms with E-state index in [9.17, 15) is 4.79 Å². The fraction of sp³-hybridized carbons (Fsp3) is 0.545. The van der Waals surface area contributed by atoms with Crippen molar-refractivity contribution in [3.63, 3.8) is 0 Å². The molecule has 0 bridgehead atoms. The summed E-state index contributed by atoms with van der Waals surface area (Å²) in [4.78, 5) is 17.0. The number of fused-ring (bicyclic) bond motifs is 1. The molecular formula is C22H34N2OSn. The van der Waals surface area contributed by atoms with E-state index in [0.29, 0.717) is 5.56 Å². The number of primary amides is 1. The van der Waals surface area contributed by atoms with Crippen molar-refractivity contribution in [1.29, 1.82) is 0 Å². The Morgan fingerprint density at radius 2 is 1.50 bits per heavy atom. The first-order valence-corrected chi connectivity index (χ1v) is 17.8. The molecule has 4 heteroatoms. The molecule has 0 aliphatic heterocycles. The number of rotatable bonds is 11. The summed E-state index contributed by atoms with van der Waals surface area (Å²) in [5, 5.41) is 1.02. The Labute approximate surface area is 162 Å². The molecule has 3 nitrogen and oxygen atoms in total. The Kier molecular flexibility index (Phi) is 8.39. The Morgan fingerprint density at radius 3 is 2.00 bits per heavy atom. The van der Waals surface area contributed by atoms with E-state index in [4.69, 9.17) is 10.7 Å². The van der Waals surface area contributed by atoms with E-state index in [1.807, 2.05) is 18.2 Å². The fourth-order valence-corrected chi connectivity index (χ4v) is 19.3. The maximum atomic E-state index is 11.9. The van der Waals surface area contributed by atoms with Crippen LogP contribution in [-0.2, 0) is 0 Å². The minimum absolute atomic E-state index is 0.378. The number of nitrogens with two attached hydrogens (primary N) is 1. The summed E-state index contributed by atoms with van der Waals surface area (Å²) in [6, 6.07) is 10.2. The van der Waals surface area contributed by atoms with Crippen molar-refractivity contribution in [3.8, 4) is 0 Å². The molecule has 0 fully saturated rings. The molecule has 1 aromatic heterocycles. The summed E-state index contributed by atoms with van der Waals surface area (Å²) < 4.78 is 5.49.